The lowest BCUT2D eigenvalue weighted by atomic mass is 9.96. The van der Waals surface area contributed by atoms with Crippen LogP contribution in [0.15, 0.2) is 41.9 Å². The summed E-state index contributed by atoms with van der Waals surface area (Å²) in [7, 11) is 1.31. The largest absolute Gasteiger partial charge is 0.466 e. The molecule has 2 heterocycles. The van der Waals surface area contributed by atoms with E-state index >= 15 is 0 Å². The summed E-state index contributed by atoms with van der Waals surface area (Å²) in [6.45, 7) is 1.75. The van der Waals surface area contributed by atoms with Crippen molar-refractivity contribution in [3.63, 3.8) is 0 Å². The fraction of sp³-hybridized carbons (Fsp3) is 0.214. The second-order valence-corrected chi connectivity index (χ2v) is 4.64. The molecule has 6 nitrogen and oxygen atoms in total. The van der Waals surface area contributed by atoms with E-state index in [4.69, 9.17) is 4.74 Å². The first-order chi connectivity index (χ1) is 10.1. The Morgan fingerprint density at radius 3 is 3.00 bits per heavy atom. The summed E-state index contributed by atoms with van der Waals surface area (Å²) in [5.41, 5.74) is 1.58. The first-order valence-electron chi connectivity index (χ1n) is 6.33. The molecule has 1 unspecified atom stereocenters. The van der Waals surface area contributed by atoms with Crippen LogP contribution in [-0.2, 0) is 9.53 Å². The summed E-state index contributed by atoms with van der Waals surface area (Å²) in [5, 5.41) is 7.12. The molecular formula is C14H13FN4O2. The third-order valence-electron chi connectivity index (χ3n) is 3.36. The summed E-state index contributed by atoms with van der Waals surface area (Å²) in [5.74, 6) is -0.376. The average Bonchev–Trinajstić information content (AvgIpc) is 2.92. The molecule has 0 bridgehead atoms. The van der Waals surface area contributed by atoms with Crippen LogP contribution in [0.25, 0.3) is 0 Å². The normalized spacial score (nSPS) is 17.2. The maximum absolute atomic E-state index is 13.5. The first kappa shape index (κ1) is 13.3. The molecule has 0 aliphatic carbocycles. The van der Waals surface area contributed by atoms with Crippen LogP contribution in [0.3, 0.4) is 0 Å². The number of nitrogens with one attached hydrogen (secondary N) is 1. The van der Waals surface area contributed by atoms with Crippen molar-refractivity contribution in [1.82, 2.24) is 14.8 Å². The number of esters is 1. The number of methoxy groups -OCH3 is 1. The minimum atomic E-state index is -0.577. The number of carbonyl (C=O) groups excluding carboxylic acids is 1. The number of anilines is 1. The number of aromatic nitrogens is 3. The van der Waals surface area contributed by atoms with Gasteiger partial charge in [-0.25, -0.2) is 13.9 Å². The van der Waals surface area contributed by atoms with Gasteiger partial charge in [0.2, 0.25) is 5.95 Å². The van der Waals surface area contributed by atoms with Gasteiger partial charge in [-0.05, 0) is 24.6 Å². The molecule has 2 aromatic rings. The van der Waals surface area contributed by atoms with Gasteiger partial charge in [-0.3, -0.25) is 0 Å². The molecule has 0 saturated heterocycles. The van der Waals surface area contributed by atoms with Crippen LogP contribution in [0.2, 0.25) is 0 Å². The highest BCUT2D eigenvalue weighted by Crippen LogP contribution is 2.35. The van der Waals surface area contributed by atoms with E-state index in [1.807, 2.05) is 0 Å². The number of fused-ring (bicyclic) bond motifs is 1. The number of ether oxygens (including phenoxy) is 1. The summed E-state index contributed by atoms with van der Waals surface area (Å²) in [6.07, 6.45) is 1.38. The van der Waals surface area contributed by atoms with E-state index in [9.17, 15) is 9.18 Å². The quantitative estimate of drug-likeness (QED) is 0.854. The van der Waals surface area contributed by atoms with Gasteiger partial charge in [-0.2, -0.15) is 10.1 Å². The van der Waals surface area contributed by atoms with E-state index < -0.39 is 12.0 Å². The van der Waals surface area contributed by atoms with Crippen molar-refractivity contribution in [3.8, 4) is 0 Å². The van der Waals surface area contributed by atoms with Crippen LogP contribution >= 0.6 is 0 Å². The van der Waals surface area contributed by atoms with E-state index in [1.54, 1.807) is 19.1 Å². The number of allylic oxidation sites excluding steroid dienone is 1. The van der Waals surface area contributed by atoms with Gasteiger partial charge in [0.05, 0.1) is 12.7 Å². The predicted octanol–water partition coefficient (Wildman–Crippen LogP) is 1.88. The molecule has 1 atom stereocenters. The fourth-order valence-electron chi connectivity index (χ4n) is 2.45. The fourth-order valence-corrected chi connectivity index (χ4v) is 2.45. The Kier molecular flexibility index (Phi) is 3.17. The number of hydrogen-bond donors (Lipinski definition) is 1. The maximum atomic E-state index is 13.5. The number of rotatable bonds is 2. The molecule has 0 amide bonds. The molecule has 1 aliphatic rings. The summed E-state index contributed by atoms with van der Waals surface area (Å²) < 4.78 is 19.9. The lowest BCUT2D eigenvalue weighted by Gasteiger charge is -2.27. The standard InChI is InChI=1S/C14H13FN4O2/c1-8-11(13(20)21-2)12(9-4-3-5-10(15)6-9)19-14(18-8)16-7-17-19/h3-7,12H,1-2H3,(H,16,17,18). The molecule has 1 aliphatic heterocycles. The van der Waals surface area contributed by atoms with E-state index in [0.717, 1.165) is 0 Å². The van der Waals surface area contributed by atoms with E-state index in [-0.39, 0.29) is 5.82 Å². The SMILES string of the molecule is COC(=O)C1=C(C)Nc2ncnn2C1c1cccc(F)c1. The summed E-state index contributed by atoms with van der Waals surface area (Å²) >= 11 is 0. The minimum absolute atomic E-state index is 0.376. The van der Waals surface area contributed by atoms with Gasteiger partial charge in [0.25, 0.3) is 0 Å². The Morgan fingerprint density at radius 1 is 1.48 bits per heavy atom. The summed E-state index contributed by atoms with van der Waals surface area (Å²) in [6, 6.07) is 5.47. The molecule has 108 valence electrons. The number of benzene rings is 1. The molecule has 0 fully saturated rings. The third-order valence-corrected chi connectivity index (χ3v) is 3.36. The number of nitrogens with zero attached hydrogens (tertiary/aromatic N) is 3. The summed E-state index contributed by atoms with van der Waals surface area (Å²) in [4.78, 5) is 16.2. The van der Waals surface area contributed by atoms with Gasteiger partial charge in [-0.15, -0.1) is 0 Å². The second-order valence-electron chi connectivity index (χ2n) is 4.64. The van der Waals surface area contributed by atoms with Crippen molar-refractivity contribution in [2.75, 3.05) is 12.4 Å². The van der Waals surface area contributed by atoms with Crippen LogP contribution in [-0.4, -0.2) is 27.8 Å². The highest BCUT2D eigenvalue weighted by atomic mass is 19.1. The number of halogens is 1. The van der Waals surface area contributed by atoms with Crippen LogP contribution in [0.4, 0.5) is 10.3 Å². The van der Waals surface area contributed by atoms with Gasteiger partial charge in [0.15, 0.2) is 0 Å². The van der Waals surface area contributed by atoms with Gasteiger partial charge in [0, 0.05) is 5.70 Å². The molecule has 3 rings (SSSR count). The monoisotopic (exact) mass is 288 g/mol. The third kappa shape index (κ3) is 2.16. The molecule has 1 N–H and O–H groups in total. The zero-order valence-corrected chi connectivity index (χ0v) is 11.5. The zero-order chi connectivity index (χ0) is 15.0. The topological polar surface area (TPSA) is 69.0 Å². The van der Waals surface area contributed by atoms with Crippen LogP contribution in [0, 0.1) is 5.82 Å². The van der Waals surface area contributed by atoms with Gasteiger partial charge in [-0.1, -0.05) is 12.1 Å². The maximum Gasteiger partial charge on any atom is 0.338 e. The smallest absolute Gasteiger partial charge is 0.338 e. The van der Waals surface area contributed by atoms with Crippen molar-refractivity contribution >= 4 is 11.9 Å². The lowest BCUT2D eigenvalue weighted by Crippen LogP contribution is -2.29. The number of hydrogen-bond acceptors (Lipinski definition) is 5. The predicted molar refractivity (Wildman–Crippen MR) is 72.9 cm³/mol. The molecule has 1 aromatic carbocycles. The highest BCUT2D eigenvalue weighted by molar-refractivity contribution is 5.92. The van der Waals surface area contributed by atoms with E-state index in [2.05, 4.69) is 15.4 Å². The Morgan fingerprint density at radius 2 is 2.29 bits per heavy atom. The van der Waals surface area contributed by atoms with Gasteiger partial charge < -0.3 is 10.1 Å². The minimum Gasteiger partial charge on any atom is -0.466 e. The van der Waals surface area contributed by atoms with Crippen LogP contribution in [0.1, 0.15) is 18.5 Å². The molecular weight excluding hydrogens is 275 g/mol. The Labute approximate surface area is 120 Å². The van der Waals surface area contributed by atoms with Crippen molar-refractivity contribution < 1.29 is 13.9 Å². The Balaban J connectivity index is 2.20. The zero-order valence-electron chi connectivity index (χ0n) is 11.5. The molecule has 0 saturated carbocycles. The van der Waals surface area contributed by atoms with Gasteiger partial charge >= 0.3 is 5.97 Å². The van der Waals surface area contributed by atoms with Crippen LogP contribution in [0.5, 0.6) is 0 Å². The van der Waals surface area contributed by atoms with Crippen molar-refractivity contribution in [2.24, 2.45) is 0 Å². The second kappa shape index (κ2) is 5.01. The number of carbonyl (C=O) groups is 1. The molecule has 1 aromatic heterocycles. The van der Waals surface area contributed by atoms with Crippen molar-refractivity contribution in [2.45, 2.75) is 13.0 Å². The highest BCUT2D eigenvalue weighted by Gasteiger charge is 2.34. The molecule has 7 heteroatoms. The Hall–Kier alpha value is -2.70. The van der Waals surface area contributed by atoms with Gasteiger partial charge in [0.1, 0.15) is 18.2 Å². The first-order valence-corrected chi connectivity index (χ1v) is 6.33. The van der Waals surface area contributed by atoms with Crippen LogP contribution < -0.4 is 5.32 Å². The Bertz CT molecular complexity index is 738. The molecule has 21 heavy (non-hydrogen) atoms. The van der Waals surface area contributed by atoms with Crippen molar-refractivity contribution in [3.05, 3.63) is 53.2 Å². The van der Waals surface area contributed by atoms with Crippen molar-refractivity contribution in [1.29, 1.82) is 0 Å². The van der Waals surface area contributed by atoms with E-state index in [0.29, 0.717) is 22.8 Å². The molecule has 0 radical (unpaired) electrons. The average molecular weight is 288 g/mol. The molecule has 0 spiro atoms. The van der Waals surface area contributed by atoms with E-state index in [1.165, 1.54) is 30.3 Å². The lowest BCUT2D eigenvalue weighted by molar-refractivity contribution is -0.136.